The van der Waals surface area contributed by atoms with E-state index in [1.807, 2.05) is 53.4 Å². The monoisotopic (exact) mass is 473 g/mol. The van der Waals surface area contributed by atoms with Crippen LogP contribution in [0.3, 0.4) is 0 Å². The summed E-state index contributed by atoms with van der Waals surface area (Å²) in [5.41, 5.74) is 2.51. The second kappa shape index (κ2) is 9.41. The van der Waals surface area contributed by atoms with Crippen LogP contribution in [0.15, 0.2) is 91.0 Å². The molecule has 0 spiro atoms. The molecule has 34 heavy (non-hydrogen) atoms. The number of rotatable bonds is 7. The highest BCUT2D eigenvalue weighted by molar-refractivity contribution is 7.15. The van der Waals surface area contributed by atoms with Gasteiger partial charge in [-0.15, -0.1) is 11.3 Å². The summed E-state index contributed by atoms with van der Waals surface area (Å²) in [6.07, 6.45) is 0.186. The number of hydrogen-bond donors (Lipinski definition) is 2. The Bertz CT molecular complexity index is 1270. The fraction of sp³-hybridized carbons (Fsp3) is 0.179. The highest BCUT2D eigenvalue weighted by Gasteiger charge is 2.49. The normalized spacial score (nSPS) is 18.5. The quantitative estimate of drug-likeness (QED) is 0.302. The van der Waals surface area contributed by atoms with Crippen molar-refractivity contribution >= 4 is 22.9 Å². The smallest absolute Gasteiger partial charge is 0.233 e. The number of thiophene rings is 1. The first-order valence-electron chi connectivity index (χ1n) is 11.2. The van der Waals surface area contributed by atoms with Gasteiger partial charge in [0.1, 0.15) is 11.6 Å². The Labute approximate surface area is 201 Å². The first-order chi connectivity index (χ1) is 16.5. The third-order valence-corrected chi connectivity index (χ3v) is 7.53. The zero-order chi connectivity index (χ0) is 23.7. The number of aromatic hydroxyl groups is 1. The molecule has 0 bridgehead atoms. The molecule has 1 aliphatic rings. The van der Waals surface area contributed by atoms with E-state index in [1.165, 1.54) is 12.1 Å². The molecule has 2 N–H and O–H groups in total. The van der Waals surface area contributed by atoms with E-state index < -0.39 is 6.10 Å². The van der Waals surface area contributed by atoms with Gasteiger partial charge in [-0.1, -0.05) is 30.3 Å². The van der Waals surface area contributed by atoms with E-state index in [0.717, 1.165) is 21.0 Å². The molecule has 172 valence electrons. The lowest BCUT2D eigenvalue weighted by Gasteiger charge is -2.47. The molecule has 6 heteroatoms. The van der Waals surface area contributed by atoms with Gasteiger partial charge in [-0.2, -0.15) is 0 Å². The van der Waals surface area contributed by atoms with Crippen molar-refractivity contribution in [1.82, 2.24) is 0 Å². The van der Waals surface area contributed by atoms with Gasteiger partial charge in [0.15, 0.2) is 0 Å². The molecule has 5 rings (SSSR count). The largest absolute Gasteiger partial charge is 0.508 e. The van der Waals surface area contributed by atoms with Gasteiger partial charge in [0, 0.05) is 15.4 Å². The molecule has 1 aromatic heterocycles. The van der Waals surface area contributed by atoms with E-state index in [2.05, 4.69) is 6.07 Å². The van der Waals surface area contributed by atoms with Crippen molar-refractivity contribution in [2.75, 3.05) is 4.90 Å². The van der Waals surface area contributed by atoms with E-state index >= 15 is 0 Å². The summed E-state index contributed by atoms with van der Waals surface area (Å²) in [6, 6.07) is 26.5. The van der Waals surface area contributed by atoms with Gasteiger partial charge >= 0.3 is 0 Å². The third kappa shape index (κ3) is 4.34. The van der Waals surface area contributed by atoms with Crippen molar-refractivity contribution in [2.24, 2.45) is 5.92 Å². The van der Waals surface area contributed by atoms with Crippen LogP contribution in [-0.4, -0.2) is 16.1 Å². The Kier molecular flexibility index (Phi) is 6.18. The summed E-state index contributed by atoms with van der Waals surface area (Å²) >= 11 is 1.63. The number of halogens is 1. The second-order valence-electron chi connectivity index (χ2n) is 8.49. The van der Waals surface area contributed by atoms with E-state index in [0.29, 0.717) is 18.4 Å². The molecule has 1 fully saturated rings. The minimum absolute atomic E-state index is 0.0436. The number of benzene rings is 3. The molecule has 3 atom stereocenters. The van der Waals surface area contributed by atoms with Crippen LogP contribution >= 0.6 is 11.3 Å². The molecule has 4 nitrogen and oxygen atoms in total. The van der Waals surface area contributed by atoms with Crippen LogP contribution in [0.2, 0.25) is 0 Å². The number of hydrogen-bond acceptors (Lipinski definition) is 4. The number of amides is 1. The number of anilines is 1. The SMILES string of the molecule is O=C1[C@H](CC[C@H](O)c2ccc(F)cc2)[C@@H](c2ccc(-c3ccc(O)cc3)s2)N1c1ccccc1. The van der Waals surface area contributed by atoms with Crippen LogP contribution in [0.1, 0.15) is 35.4 Å². The lowest BCUT2D eigenvalue weighted by molar-refractivity contribution is -0.130. The Morgan fingerprint density at radius 3 is 2.32 bits per heavy atom. The summed E-state index contributed by atoms with van der Waals surface area (Å²) in [5.74, 6) is -0.324. The van der Waals surface area contributed by atoms with Crippen LogP contribution in [0.25, 0.3) is 10.4 Å². The Morgan fingerprint density at radius 1 is 0.912 bits per heavy atom. The maximum absolute atomic E-state index is 13.2. The Balaban J connectivity index is 1.39. The molecule has 4 aromatic rings. The van der Waals surface area contributed by atoms with Crippen LogP contribution in [0.5, 0.6) is 5.75 Å². The van der Waals surface area contributed by atoms with Crippen LogP contribution in [0, 0.1) is 11.7 Å². The minimum Gasteiger partial charge on any atom is -0.508 e. The van der Waals surface area contributed by atoms with Crippen molar-refractivity contribution in [2.45, 2.75) is 25.0 Å². The zero-order valence-corrected chi connectivity index (χ0v) is 19.2. The van der Waals surface area contributed by atoms with Gasteiger partial charge in [0.05, 0.1) is 18.1 Å². The fourth-order valence-electron chi connectivity index (χ4n) is 4.51. The van der Waals surface area contributed by atoms with Crippen molar-refractivity contribution in [3.8, 4) is 16.2 Å². The molecular weight excluding hydrogens is 449 g/mol. The van der Waals surface area contributed by atoms with Gasteiger partial charge in [-0.05, 0) is 84.6 Å². The Hall–Kier alpha value is -3.48. The summed E-state index contributed by atoms with van der Waals surface area (Å²) in [6.45, 7) is 0. The molecule has 1 amide bonds. The average Bonchev–Trinajstić information content (AvgIpc) is 3.33. The first-order valence-corrected chi connectivity index (χ1v) is 12.0. The molecule has 0 radical (unpaired) electrons. The number of phenolic OH excluding ortho intramolecular Hbond substituents is 1. The lowest BCUT2D eigenvalue weighted by atomic mass is 9.81. The summed E-state index contributed by atoms with van der Waals surface area (Å²) in [4.78, 5) is 17.2. The molecule has 1 saturated heterocycles. The predicted octanol–water partition coefficient (Wildman–Crippen LogP) is 6.48. The van der Waals surface area contributed by atoms with Gasteiger partial charge in [0.25, 0.3) is 0 Å². The fourth-order valence-corrected chi connectivity index (χ4v) is 5.68. The third-order valence-electron chi connectivity index (χ3n) is 6.32. The molecular formula is C28H24FNO3S. The zero-order valence-electron chi connectivity index (χ0n) is 18.3. The predicted molar refractivity (Wildman–Crippen MR) is 132 cm³/mol. The van der Waals surface area contributed by atoms with Gasteiger partial charge < -0.3 is 15.1 Å². The number of nitrogens with zero attached hydrogens (tertiary/aromatic N) is 1. The number of aliphatic hydroxyl groups excluding tert-OH is 1. The number of carbonyl (C=O) groups excluding carboxylic acids is 1. The number of phenols is 1. The van der Waals surface area contributed by atoms with E-state index in [9.17, 15) is 19.4 Å². The number of aliphatic hydroxyl groups is 1. The first kappa shape index (κ1) is 22.3. The van der Waals surface area contributed by atoms with Crippen molar-refractivity contribution in [1.29, 1.82) is 0 Å². The van der Waals surface area contributed by atoms with Crippen molar-refractivity contribution in [3.63, 3.8) is 0 Å². The summed E-state index contributed by atoms with van der Waals surface area (Å²) in [5, 5.41) is 20.2. The van der Waals surface area contributed by atoms with Gasteiger partial charge in [-0.25, -0.2) is 4.39 Å². The van der Waals surface area contributed by atoms with Gasteiger partial charge in [-0.3, -0.25) is 4.79 Å². The molecule has 0 unspecified atom stereocenters. The topological polar surface area (TPSA) is 60.8 Å². The molecule has 2 heterocycles. The lowest BCUT2D eigenvalue weighted by Crippen LogP contribution is -2.55. The van der Waals surface area contributed by atoms with Crippen LogP contribution < -0.4 is 4.90 Å². The van der Waals surface area contributed by atoms with E-state index in [-0.39, 0.29) is 29.4 Å². The van der Waals surface area contributed by atoms with E-state index in [1.54, 1.807) is 35.6 Å². The van der Waals surface area contributed by atoms with Crippen LogP contribution in [-0.2, 0) is 4.79 Å². The summed E-state index contributed by atoms with van der Waals surface area (Å²) < 4.78 is 13.2. The maximum atomic E-state index is 13.2. The second-order valence-corrected chi connectivity index (χ2v) is 9.60. The number of para-hydroxylation sites is 1. The van der Waals surface area contributed by atoms with Crippen molar-refractivity contribution in [3.05, 3.63) is 107 Å². The molecule has 0 saturated carbocycles. The van der Waals surface area contributed by atoms with Gasteiger partial charge in [0.2, 0.25) is 5.91 Å². The minimum atomic E-state index is -0.754. The molecule has 1 aliphatic heterocycles. The highest BCUT2D eigenvalue weighted by atomic mass is 32.1. The van der Waals surface area contributed by atoms with Crippen molar-refractivity contribution < 1.29 is 19.4 Å². The summed E-state index contributed by atoms with van der Waals surface area (Å²) in [7, 11) is 0. The standard InChI is InChI=1S/C28H24FNO3S/c29-20-10-6-18(7-11-20)24(32)15-14-23-27(30(28(23)33)21-4-2-1-3-5-21)26-17-16-25(34-26)19-8-12-22(31)13-9-19/h1-13,16-17,23-24,27,31-32H,14-15H2/t23-,24+,27+/m1/s1. The van der Waals surface area contributed by atoms with Crippen LogP contribution in [0.4, 0.5) is 10.1 Å². The average molecular weight is 474 g/mol. The maximum Gasteiger partial charge on any atom is 0.233 e. The molecule has 0 aliphatic carbocycles. The number of β-lactam (4-membered cyclic amide) rings is 1. The number of carbonyl (C=O) groups is 1. The highest BCUT2D eigenvalue weighted by Crippen LogP contribution is 2.49. The molecule has 3 aromatic carbocycles. The van der Waals surface area contributed by atoms with E-state index in [4.69, 9.17) is 0 Å². The Morgan fingerprint density at radius 2 is 1.62 bits per heavy atom.